The van der Waals surface area contributed by atoms with Crippen molar-refractivity contribution < 1.29 is 18.0 Å². The summed E-state index contributed by atoms with van der Waals surface area (Å²) in [5, 5.41) is 2.36. The third-order valence-electron chi connectivity index (χ3n) is 3.63. The summed E-state index contributed by atoms with van der Waals surface area (Å²) in [7, 11) is 1.84. The van der Waals surface area contributed by atoms with Crippen molar-refractivity contribution in [3.63, 3.8) is 0 Å². The molecule has 0 fully saturated rings. The van der Waals surface area contributed by atoms with E-state index in [1.54, 1.807) is 0 Å². The highest BCUT2D eigenvalue weighted by Crippen LogP contribution is 2.33. The average Bonchev–Trinajstić information content (AvgIpc) is 2.60. The Kier molecular flexibility index (Phi) is 6.42. The van der Waals surface area contributed by atoms with E-state index in [1.807, 2.05) is 11.9 Å². The maximum absolute atomic E-state index is 12.8. The Morgan fingerprint density at radius 2 is 1.92 bits per heavy atom. The first-order valence-corrected chi connectivity index (χ1v) is 8.31. The number of aromatic nitrogens is 2. The normalized spacial score (nSPS) is 11.3. The number of amides is 1. The van der Waals surface area contributed by atoms with Crippen molar-refractivity contribution in [3.8, 4) is 0 Å². The van der Waals surface area contributed by atoms with Crippen LogP contribution in [-0.4, -0.2) is 29.5 Å². The summed E-state index contributed by atoms with van der Waals surface area (Å²) >= 11 is 5.87. The number of nitrogens with zero attached hydrogens (tertiary/aromatic N) is 3. The lowest BCUT2D eigenvalue weighted by atomic mass is 10.2. The summed E-state index contributed by atoms with van der Waals surface area (Å²) in [6.07, 6.45) is 0.125. The van der Waals surface area contributed by atoms with E-state index in [-0.39, 0.29) is 16.3 Å². The van der Waals surface area contributed by atoms with Gasteiger partial charge in [-0.25, -0.2) is 9.97 Å². The fraction of sp³-hybridized carbons (Fsp3) is 0.353. The number of halogens is 4. The van der Waals surface area contributed by atoms with Gasteiger partial charge in [0.1, 0.15) is 0 Å². The van der Waals surface area contributed by atoms with Crippen LogP contribution >= 0.6 is 11.6 Å². The van der Waals surface area contributed by atoms with Gasteiger partial charge >= 0.3 is 6.18 Å². The minimum atomic E-state index is -4.53. The Bertz CT molecular complexity index is 766. The summed E-state index contributed by atoms with van der Waals surface area (Å²) in [6, 6.07) is 2.72. The smallest absolute Gasteiger partial charge is 0.344 e. The van der Waals surface area contributed by atoms with Crippen molar-refractivity contribution in [1.82, 2.24) is 9.97 Å². The Hall–Kier alpha value is -2.35. The van der Waals surface area contributed by atoms with E-state index in [4.69, 9.17) is 11.6 Å². The van der Waals surface area contributed by atoms with Crippen LogP contribution in [-0.2, 0) is 6.18 Å². The predicted molar refractivity (Wildman–Crippen MR) is 94.6 cm³/mol. The molecule has 0 aliphatic rings. The Morgan fingerprint density at radius 3 is 2.50 bits per heavy atom. The van der Waals surface area contributed by atoms with Gasteiger partial charge in [0.15, 0.2) is 0 Å². The molecule has 1 aromatic carbocycles. The van der Waals surface area contributed by atoms with E-state index in [0.29, 0.717) is 5.95 Å². The zero-order valence-corrected chi connectivity index (χ0v) is 15.0. The van der Waals surface area contributed by atoms with Crippen LogP contribution in [0.3, 0.4) is 0 Å². The molecule has 0 unspecified atom stereocenters. The van der Waals surface area contributed by atoms with Crippen LogP contribution in [0.2, 0.25) is 5.02 Å². The summed E-state index contributed by atoms with van der Waals surface area (Å²) < 4.78 is 38.4. The molecule has 0 saturated carbocycles. The van der Waals surface area contributed by atoms with Crippen molar-refractivity contribution in [2.75, 3.05) is 23.8 Å². The fourth-order valence-corrected chi connectivity index (χ4v) is 2.29. The monoisotopic (exact) mass is 386 g/mol. The lowest BCUT2D eigenvalue weighted by Gasteiger charge is -2.16. The molecule has 9 heteroatoms. The molecular formula is C17H18ClF3N4O. The molecule has 2 rings (SSSR count). The van der Waals surface area contributed by atoms with Crippen LogP contribution in [0.25, 0.3) is 0 Å². The average molecular weight is 387 g/mol. The number of carbonyl (C=O) groups excluding carboxylic acids is 1. The van der Waals surface area contributed by atoms with Gasteiger partial charge in [0, 0.05) is 26.0 Å². The zero-order valence-electron chi connectivity index (χ0n) is 14.3. The zero-order chi connectivity index (χ0) is 19.3. The first-order chi connectivity index (χ1) is 12.2. The second-order valence-corrected chi connectivity index (χ2v) is 6.10. The second-order valence-electron chi connectivity index (χ2n) is 5.69. The first kappa shape index (κ1) is 20.0. The highest BCUT2D eigenvalue weighted by Gasteiger charge is 2.31. The van der Waals surface area contributed by atoms with Gasteiger partial charge in [-0.15, -0.1) is 0 Å². The largest absolute Gasteiger partial charge is 0.416 e. The molecule has 1 aromatic heterocycles. The molecule has 2 aromatic rings. The SMILES string of the molecule is CCCCN(C)c1ncc(C(=O)Nc2cc(C(F)(F)F)ccc2Cl)cn1. The van der Waals surface area contributed by atoms with Crippen molar-refractivity contribution >= 4 is 29.1 Å². The number of carbonyl (C=O) groups is 1. The van der Waals surface area contributed by atoms with Gasteiger partial charge in [-0.1, -0.05) is 24.9 Å². The van der Waals surface area contributed by atoms with Gasteiger partial charge in [0.05, 0.1) is 21.8 Å². The first-order valence-electron chi connectivity index (χ1n) is 7.93. The maximum atomic E-state index is 12.8. The molecule has 26 heavy (non-hydrogen) atoms. The quantitative estimate of drug-likeness (QED) is 0.785. The van der Waals surface area contributed by atoms with E-state index >= 15 is 0 Å². The number of nitrogens with one attached hydrogen (secondary N) is 1. The summed E-state index contributed by atoms with van der Waals surface area (Å²) in [4.78, 5) is 22.3. The Balaban J connectivity index is 2.13. The number of anilines is 2. The minimum absolute atomic E-state index is 0.00295. The molecule has 0 atom stereocenters. The van der Waals surface area contributed by atoms with E-state index in [2.05, 4.69) is 22.2 Å². The molecule has 1 amide bonds. The predicted octanol–water partition coefficient (Wildman–Crippen LogP) is 4.64. The van der Waals surface area contributed by atoms with E-state index < -0.39 is 17.6 Å². The molecule has 1 heterocycles. The molecule has 0 bridgehead atoms. The second kappa shape index (κ2) is 8.35. The number of hydrogen-bond donors (Lipinski definition) is 1. The number of benzene rings is 1. The molecular weight excluding hydrogens is 369 g/mol. The molecule has 5 nitrogen and oxygen atoms in total. The van der Waals surface area contributed by atoms with Crippen molar-refractivity contribution in [1.29, 1.82) is 0 Å². The van der Waals surface area contributed by atoms with E-state index in [1.165, 1.54) is 12.4 Å². The van der Waals surface area contributed by atoms with Crippen LogP contribution < -0.4 is 10.2 Å². The Morgan fingerprint density at radius 1 is 1.27 bits per heavy atom. The molecule has 140 valence electrons. The number of hydrogen-bond acceptors (Lipinski definition) is 4. The highest BCUT2D eigenvalue weighted by atomic mass is 35.5. The Labute approximate surface area is 154 Å². The maximum Gasteiger partial charge on any atom is 0.416 e. The van der Waals surface area contributed by atoms with Crippen molar-refractivity contribution in [2.45, 2.75) is 25.9 Å². The standard InChI is InChI=1S/C17H18ClF3N4O/c1-3-4-7-25(2)16-22-9-11(10-23-16)15(26)24-14-8-12(17(19,20)21)5-6-13(14)18/h5-6,8-10H,3-4,7H2,1-2H3,(H,24,26). The van der Waals surface area contributed by atoms with Gasteiger partial charge in [0.25, 0.3) is 5.91 Å². The van der Waals surface area contributed by atoms with Crippen molar-refractivity contribution in [2.24, 2.45) is 0 Å². The third-order valence-corrected chi connectivity index (χ3v) is 3.96. The summed E-state index contributed by atoms with van der Waals surface area (Å²) in [5.74, 6) is -0.180. The number of unbranched alkanes of at least 4 members (excludes halogenated alkanes) is 1. The fourth-order valence-electron chi connectivity index (χ4n) is 2.12. The molecule has 0 radical (unpaired) electrons. The molecule has 0 saturated heterocycles. The summed E-state index contributed by atoms with van der Waals surface area (Å²) in [5.41, 5.74) is -0.914. The van der Waals surface area contributed by atoms with Gasteiger partial charge in [0.2, 0.25) is 5.95 Å². The third kappa shape index (κ3) is 5.08. The van der Waals surface area contributed by atoms with Crippen LogP contribution in [0, 0.1) is 0 Å². The number of rotatable bonds is 6. The van der Waals surface area contributed by atoms with E-state index in [9.17, 15) is 18.0 Å². The number of alkyl halides is 3. The lowest BCUT2D eigenvalue weighted by molar-refractivity contribution is -0.137. The topological polar surface area (TPSA) is 58.1 Å². The van der Waals surface area contributed by atoms with Crippen LogP contribution in [0.1, 0.15) is 35.7 Å². The lowest BCUT2D eigenvalue weighted by Crippen LogP contribution is -2.21. The van der Waals surface area contributed by atoms with Crippen LogP contribution in [0.15, 0.2) is 30.6 Å². The van der Waals surface area contributed by atoms with Crippen LogP contribution in [0.5, 0.6) is 0 Å². The minimum Gasteiger partial charge on any atom is -0.344 e. The van der Waals surface area contributed by atoms with Gasteiger partial charge in [-0.2, -0.15) is 13.2 Å². The van der Waals surface area contributed by atoms with E-state index in [0.717, 1.165) is 37.6 Å². The molecule has 0 aliphatic heterocycles. The van der Waals surface area contributed by atoms with Gasteiger partial charge in [-0.3, -0.25) is 4.79 Å². The van der Waals surface area contributed by atoms with Gasteiger partial charge < -0.3 is 10.2 Å². The molecule has 1 N–H and O–H groups in total. The highest BCUT2D eigenvalue weighted by molar-refractivity contribution is 6.34. The van der Waals surface area contributed by atoms with Crippen molar-refractivity contribution in [3.05, 3.63) is 46.7 Å². The molecule has 0 aliphatic carbocycles. The van der Waals surface area contributed by atoms with Gasteiger partial charge in [-0.05, 0) is 24.6 Å². The van der Waals surface area contributed by atoms with Crippen LogP contribution in [0.4, 0.5) is 24.8 Å². The summed E-state index contributed by atoms with van der Waals surface area (Å²) in [6.45, 7) is 2.85. The molecule has 0 spiro atoms.